The zero-order valence-electron chi connectivity index (χ0n) is 11.3. The van der Waals surface area contributed by atoms with E-state index < -0.39 is 23.5 Å². The lowest BCUT2D eigenvalue weighted by atomic mass is 10.2. The van der Waals surface area contributed by atoms with E-state index in [-0.39, 0.29) is 11.4 Å². The molecule has 3 nitrogen and oxygen atoms in total. The van der Waals surface area contributed by atoms with Crippen molar-refractivity contribution in [3.8, 4) is 0 Å². The van der Waals surface area contributed by atoms with Gasteiger partial charge in [-0.1, -0.05) is 5.22 Å². The van der Waals surface area contributed by atoms with Crippen LogP contribution in [0.4, 0.5) is 37.7 Å². The van der Waals surface area contributed by atoms with E-state index in [0.29, 0.717) is 0 Å². The number of nitrogens with zero attached hydrogens (tertiary/aromatic N) is 2. The Labute approximate surface area is 126 Å². The second kappa shape index (κ2) is 6.27. The molecule has 0 atom stereocenters. The first-order valence-corrected chi connectivity index (χ1v) is 6.17. The van der Waals surface area contributed by atoms with E-state index in [9.17, 15) is 26.3 Å². The van der Waals surface area contributed by atoms with Crippen LogP contribution in [0.2, 0.25) is 0 Å². The third-order valence-corrected chi connectivity index (χ3v) is 2.75. The van der Waals surface area contributed by atoms with E-state index in [1.165, 1.54) is 0 Å². The molecular weight excluding hydrogens is 324 g/mol. The molecule has 0 aromatic heterocycles. The van der Waals surface area contributed by atoms with Gasteiger partial charge in [0.25, 0.3) is 0 Å². The van der Waals surface area contributed by atoms with Crippen molar-refractivity contribution in [2.75, 3.05) is 5.43 Å². The summed E-state index contributed by atoms with van der Waals surface area (Å²) in [5.74, 6) is 0. The normalized spacial score (nSPS) is 12.6. The first-order chi connectivity index (χ1) is 10.7. The summed E-state index contributed by atoms with van der Waals surface area (Å²) in [5, 5.41) is 7.13. The smallest absolute Gasteiger partial charge is 0.260 e. The Kier molecular flexibility index (Phi) is 4.57. The van der Waals surface area contributed by atoms with Crippen LogP contribution in [0.5, 0.6) is 0 Å². The molecule has 0 saturated carbocycles. The molecule has 0 saturated heterocycles. The Hall–Kier alpha value is -2.58. The number of benzene rings is 2. The Morgan fingerprint density at radius 1 is 0.652 bits per heavy atom. The van der Waals surface area contributed by atoms with E-state index in [1.807, 2.05) is 0 Å². The fourth-order valence-electron chi connectivity index (χ4n) is 1.59. The van der Waals surface area contributed by atoms with Gasteiger partial charge in [-0.2, -0.15) is 26.3 Å². The van der Waals surface area contributed by atoms with Crippen LogP contribution in [0.3, 0.4) is 0 Å². The average Bonchev–Trinajstić information content (AvgIpc) is 2.46. The molecule has 0 fully saturated rings. The number of hydrogen-bond acceptors (Lipinski definition) is 2. The van der Waals surface area contributed by atoms with Crippen LogP contribution >= 0.6 is 0 Å². The van der Waals surface area contributed by atoms with Crippen molar-refractivity contribution in [3.05, 3.63) is 59.7 Å². The first kappa shape index (κ1) is 16.8. The molecule has 9 heteroatoms. The molecule has 1 N–H and O–H groups in total. The van der Waals surface area contributed by atoms with E-state index in [4.69, 9.17) is 0 Å². The van der Waals surface area contributed by atoms with Gasteiger partial charge in [0.15, 0.2) is 0 Å². The van der Waals surface area contributed by atoms with Gasteiger partial charge < -0.3 is 0 Å². The molecule has 2 aromatic carbocycles. The monoisotopic (exact) mass is 333 g/mol. The third kappa shape index (κ3) is 4.70. The Morgan fingerprint density at radius 2 is 1.09 bits per heavy atom. The molecule has 0 unspecified atom stereocenters. The molecule has 2 rings (SSSR count). The minimum absolute atomic E-state index is 0.164. The third-order valence-electron chi connectivity index (χ3n) is 2.75. The number of alkyl halides is 6. The standard InChI is InChI=1S/C14H9F6N3/c15-13(16,17)9-1-5-11(6-2-9)21-23-22-12-7-3-10(4-8-12)14(18,19)20/h1-8H,(H,21,22). The second-order valence-corrected chi connectivity index (χ2v) is 4.43. The van der Waals surface area contributed by atoms with Crippen molar-refractivity contribution < 1.29 is 26.3 Å². The van der Waals surface area contributed by atoms with Crippen LogP contribution in [0, 0.1) is 0 Å². The molecule has 2 aromatic rings. The van der Waals surface area contributed by atoms with Crippen LogP contribution in [-0.4, -0.2) is 0 Å². The van der Waals surface area contributed by atoms with Gasteiger partial charge in [0.2, 0.25) is 0 Å². The zero-order chi connectivity index (χ0) is 17.1. The van der Waals surface area contributed by atoms with Gasteiger partial charge in [0.1, 0.15) is 0 Å². The van der Waals surface area contributed by atoms with Crippen molar-refractivity contribution in [2.24, 2.45) is 10.3 Å². The summed E-state index contributed by atoms with van der Waals surface area (Å²) in [5.41, 5.74) is 1.19. The lowest BCUT2D eigenvalue weighted by Crippen LogP contribution is -2.04. The van der Waals surface area contributed by atoms with E-state index in [2.05, 4.69) is 15.8 Å². The number of anilines is 1. The van der Waals surface area contributed by atoms with Crippen LogP contribution in [0.15, 0.2) is 58.9 Å². The van der Waals surface area contributed by atoms with Crippen LogP contribution < -0.4 is 5.43 Å². The quantitative estimate of drug-likeness (QED) is 0.428. The predicted octanol–water partition coefficient (Wildman–Crippen LogP) is 5.84. The molecule has 0 radical (unpaired) electrons. The maximum absolute atomic E-state index is 12.4. The Balaban J connectivity index is 1.99. The number of halogens is 6. The van der Waals surface area contributed by atoms with Crippen LogP contribution in [0.1, 0.15) is 11.1 Å². The predicted molar refractivity (Wildman–Crippen MR) is 71.0 cm³/mol. The van der Waals surface area contributed by atoms with E-state index >= 15 is 0 Å². The second-order valence-electron chi connectivity index (χ2n) is 4.43. The number of nitrogens with one attached hydrogen (secondary N) is 1. The van der Waals surface area contributed by atoms with Crippen molar-refractivity contribution in [2.45, 2.75) is 12.4 Å². The minimum atomic E-state index is -4.44. The highest BCUT2D eigenvalue weighted by Crippen LogP contribution is 2.31. The van der Waals surface area contributed by atoms with Crippen molar-refractivity contribution in [1.29, 1.82) is 0 Å². The molecule has 0 spiro atoms. The summed E-state index contributed by atoms with van der Waals surface area (Å²) in [6.45, 7) is 0. The summed E-state index contributed by atoms with van der Waals surface area (Å²) in [7, 11) is 0. The molecule has 0 aliphatic rings. The molecule has 0 amide bonds. The average molecular weight is 333 g/mol. The number of rotatable bonds is 3. The Bertz CT molecular complexity index is 672. The summed E-state index contributed by atoms with van der Waals surface area (Å²) < 4.78 is 74.2. The molecule has 0 heterocycles. The highest BCUT2D eigenvalue weighted by Gasteiger charge is 2.30. The highest BCUT2D eigenvalue weighted by molar-refractivity contribution is 5.45. The fraction of sp³-hybridized carbons (Fsp3) is 0.143. The molecule has 0 bridgehead atoms. The minimum Gasteiger partial charge on any atom is -0.260 e. The van der Waals surface area contributed by atoms with Crippen LogP contribution in [0.25, 0.3) is 0 Å². The lowest BCUT2D eigenvalue weighted by Gasteiger charge is -2.07. The van der Waals surface area contributed by atoms with Crippen molar-refractivity contribution in [1.82, 2.24) is 0 Å². The summed E-state index contributed by atoms with van der Waals surface area (Å²) in [4.78, 5) is 0. The largest absolute Gasteiger partial charge is 0.416 e. The topological polar surface area (TPSA) is 36.8 Å². The Morgan fingerprint density at radius 3 is 1.52 bits per heavy atom. The lowest BCUT2D eigenvalue weighted by molar-refractivity contribution is -0.138. The summed E-state index contributed by atoms with van der Waals surface area (Å²) >= 11 is 0. The SMILES string of the molecule is FC(F)(F)c1ccc(N=NNc2ccc(C(F)(F)F)cc2)cc1. The fourth-order valence-corrected chi connectivity index (χ4v) is 1.59. The van der Waals surface area contributed by atoms with Gasteiger partial charge in [-0.15, -0.1) is 5.11 Å². The molecule has 0 aliphatic carbocycles. The first-order valence-electron chi connectivity index (χ1n) is 6.17. The molecule has 23 heavy (non-hydrogen) atoms. The summed E-state index contributed by atoms with van der Waals surface area (Å²) in [6, 6.07) is 8.02. The van der Waals surface area contributed by atoms with Gasteiger partial charge in [-0.05, 0) is 48.5 Å². The molecular formula is C14H9F6N3. The van der Waals surface area contributed by atoms with Gasteiger partial charge in [-0.25, -0.2) is 0 Å². The zero-order valence-corrected chi connectivity index (χ0v) is 11.3. The number of hydrogen-bond donors (Lipinski definition) is 1. The van der Waals surface area contributed by atoms with E-state index in [0.717, 1.165) is 48.5 Å². The van der Waals surface area contributed by atoms with Gasteiger partial charge in [0.05, 0.1) is 22.5 Å². The molecule has 122 valence electrons. The van der Waals surface area contributed by atoms with Crippen molar-refractivity contribution in [3.63, 3.8) is 0 Å². The van der Waals surface area contributed by atoms with Gasteiger partial charge >= 0.3 is 12.4 Å². The van der Waals surface area contributed by atoms with E-state index in [1.54, 1.807) is 0 Å². The highest BCUT2D eigenvalue weighted by atomic mass is 19.4. The molecule has 0 aliphatic heterocycles. The van der Waals surface area contributed by atoms with Gasteiger partial charge in [-0.3, -0.25) is 5.43 Å². The van der Waals surface area contributed by atoms with Crippen LogP contribution in [-0.2, 0) is 12.4 Å². The summed E-state index contributed by atoms with van der Waals surface area (Å²) in [6.07, 6.45) is -8.87. The van der Waals surface area contributed by atoms with Gasteiger partial charge in [0, 0.05) is 0 Å². The maximum Gasteiger partial charge on any atom is 0.416 e. The van der Waals surface area contributed by atoms with Crippen molar-refractivity contribution >= 4 is 11.4 Å². The maximum atomic E-state index is 12.4.